The minimum absolute atomic E-state index is 0.105. The fourth-order valence-electron chi connectivity index (χ4n) is 1.17. The van der Waals surface area contributed by atoms with Crippen molar-refractivity contribution in [2.24, 2.45) is 10.7 Å². The second kappa shape index (κ2) is 4.07. The highest BCUT2D eigenvalue weighted by molar-refractivity contribution is 6.04. The molecule has 0 fully saturated rings. The van der Waals surface area contributed by atoms with Gasteiger partial charge in [-0.3, -0.25) is 9.79 Å². The lowest BCUT2D eigenvalue weighted by Crippen LogP contribution is -2.31. The predicted molar refractivity (Wildman–Crippen MR) is 52.3 cm³/mol. The third-order valence-corrected chi connectivity index (χ3v) is 1.90. The van der Waals surface area contributed by atoms with Crippen LogP contribution in [-0.2, 0) is 4.79 Å². The van der Waals surface area contributed by atoms with Crippen LogP contribution in [-0.4, -0.2) is 30.2 Å². The molecular weight excluding hydrogens is 166 g/mol. The smallest absolute Gasteiger partial charge is 0.227 e. The molecule has 2 N–H and O–H groups in total. The largest absolute Gasteiger partial charge is 0.402 e. The summed E-state index contributed by atoms with van der Waals surface area (Å²) < 4.78 is 0. The van der Waals surface area contributed by atoms with Crippen LogP contribution in [0.4, 0.5) is 0 Å². The number of amides is 1. The fraction of sp³-hybridized carbons (Fsp3) is 0.556. The Kier molecular flexibility index (Phi) is 3.06. The van der Waals surface area contributed by atoms with E-state index in [1.165, 1.54) is 0 Å². The van der Waals surface area contributed by atoms with Gasteiger partial charge < -0.3 is 10.6 Å². The van der Waals surface area contributed by atoms with E-state index in [0.717, 1.165) is 6.42 Å². The summed E-state index contributed by atoms with van der Waals surface area (Å²) in [7, 11) is 1.73. The van der Waals surface area contributed by atoms with E-state index in [4.69, 9.17) is 5.73 Å². The van der Waals surface area contributed by atoms with E-state index in [1.807, 2.05) is 0 Å². The number of allylic oxidation sites excluding steroid dienone is 1. The zero-order valence-electron chi connectivity index (χ0n) is 8.08. The van der Waals surface area contributed by atoms with Crippen molar-refractivity contribution in [2.75, 3.05) is 13.6 Å². The Morgan fingerprint density at radius 3 is 3.00 bits per heavy atom. The van der Waals surface area contributed by atoms with E-state index in [9.17, 15) is 4.79 Å². The van der Waals surface area contributed by atoms with Gasteiger partial charge in [0.25, 0.3) is 0 Å². The number of amidine groups is 1. The Balaban J connectivity index is 2.85. The van der Waals surface area contributed by atoms with E-state index < -0.39 is 0 Å². The van der Waals surface area contributed by atoms with Crippen molar-refractivity contribution >= 4 is 11.7 Å². The van der Waals surface area contributed by atoms with Crippen LogP contribution in [0.2, 0.25) is 0 Å². The molecule has 0 radical (unpaired) electrons. The zero-order valence-corrected chi connectivity index (χ0v) is 8.08. The van der Waals surface area contributed by atoms with Gasteiger partial charge in [-0.1, -0.05) is 0 Å². The van der Waals surface area contributed by atoms with E-state index in [-0.39, 0.29) is 5.91 Å². The van der Waals surface area contributed by atoms with Gasteiger partial charge >= 0.3 is 0 Å². The van der Waals surface area contributed by atoms with Crippen LogP contribution in [0.15, 0.2) is 16.8 Å². The Labute approximate surface area is 78.1 Å². The first-order valence-corrected chi connectivity index (χ1v) is 4.36. The lowest BCUT2D eigenvalue weighted by Gasteiger charge is -2.14. The quantitative estimate of drug-likeness (QED) is 0.640. The molecule has 0 aromatic carbocycles. The van der Waals surface area contributed by atoms with E-state index in [1.54, 1.807) is 24.9 Å². The predicted octanol–water partition coefficient (Wildman–Crippen LogP) is 0.500. The van der Waals surface area contributed by atoms with E-state index in [0.29, 0.717) is 24.5 Å². The maximum absolute atomic E-state index is 11.4. The first kappa shape index (κ1) is 9.77. The number of carbonyl (C=O) groups excluding carboxylic acids is 1. The van der Waals surface area contributed by atoms with E-state index >= 15 is 0 Å². The molecule has 13 heavy (non-hydrogen) atoms. The van der Waals surface area contributed by atoms with Crippen LogP contribution in [0.1, 0.15) is 19.8 Å². The summed E-state index contributed by atoms with van der Waals surface area (Å²) in [4.78, 5) is 17.2. The van der Waals surface area contributed by atoms with Crippen LogP contribution in [0.25, 0.3) is 0 Å². The average molecular weight is 181 g/mol. The maximum Gasteiger partial charge on any atom is 0.227 e. The third-order valence-electron chi connectivity index (χ3n) is 1.90. The zero-order chi connectivity index (χ0) is 9.84. The summed E-state index contributed by atoms with van der Waals surface area (Å²) in [6, 6.07) is 0. The Morgan fingerprint density at radius 1 is 1.69 bits per heavy atom. The number of rotatable bonds is 1. The Hall–Kier alpha value is -1.32. The summed E-state index contributed by atoms with van der Waals surface area (Å²) in [6.45, 7) is 2.49. The maximum atomic E-state index is 11.4. The second-order valence-corrected chi connectivity index (χ2v) is 3.18. The summed E-state index contributed by atoms with van der Waals surface area (Å²) in [5.41, 5.74) is 6.19. The van der Waals surface area contributed by atoms with Crippen molar-refractivity contribution in [2.45, 2.75) is 19.8 Å². The molecule has 4 heteroatoms. The molecular formula is C9H15N3O. The summed E-state index contributed by atoms with van der Waals surface area (Å²) in [5, 5.41) is 0. The van der Waals surface area contributed by atoms with Crippen LogP contribution in [0.3, 0.4) is 0 Å². The van der Waals surface area contributed by atoms with Crippen LogP contribution in [0, 0.1) is 0 Å². The molecule has 0 aliphatic carbocycles. The van der Waals surface area contributed by atoms with Gasteiger partial charge in [0.2, 0.25) is 5.91 Å². The average Bonchev–Trinajstić information content (AvgIpc) is 2.19. The molecule has 0 spiro atoms. The molecule has 0 aromatic heterocycles. The minimum Gasteiger partial charge on any atom is -0.402 e. The summed E-state index contributed by atoms with van der Waals surface area (Å²) in [5.74, 6) is 0.774. The SMILES string of the molecule is CC(N)=CC1=NCCCC(=O)N1C. The first-order chi connectivity index (χ1) is 6.11. The van der Waals surface area contributed by atoms with Crippen molar-refractivity contribution in [3.63, 3.8) is 0 Å². The van der Waals surface area contributed by atoms with Crippen LogP contribution >= 0.6 is 0 Å². The number of aliphatic imine (C=N–C) groups is 1. The third kappa shape index (κ3) is 2.57. The molecule has 1 amide bonds. The number of nitrogens with zero attached hydrogens (tertiary/aromatic N) is 2. The van der Waals surface area contributed by atoms with Gasteiger partial charge in [-0.05, 0) is 19.4 Å². The Morgan fingerprint density at radius 2 is 2.38 bits per heavy atom. The van der Waals surface area contributed by atoms with Crippen molar-refractivity contribution in [1.82, 2.24) is 4.90 Å². The Bertz CT molecular complexity index is 264. The fourth-order valence-corrected chi connectivity index (χ4v) is 1.17. The standard InChI is InChI=1S/C9H15N3O/c1-7(10)6-8-11-5-3-4-9(13)12(8)2/h6H,3-5,10H2,1-2H3. The van der Waals surface area contributed by atoms with Gasteiger partial charge in [-0.15, -0.1) is 0 Å². The molecule has 1 aliphatic heterocycles. The highest BCUT2D eigenvalue weighted by Crippen LogP contribution is 2.05. The minimum atomic E-state index is 0.105. The summed E-state index contributed by atoms with van der Waals surface area (Å²) in [6.07, 6.45) is 3.12. The van der Waals surface area contributed by atoms with Crippen molar-refractivity contribution < 1.29 is 4.79 Å². The van der Waals surface area contributed by atoms with Gasteiger partial charge in [-0.25, -0.2) is 0 Å². The van der Waals surface area contributed by atoms with Gasteiger partial charge in [0.05, 0.1) is 0 Å². The van der Waals surface area contributed by atoms with Gasteiger partial charge in [-0.2, -0.15) is 0 Å². The number of hydrogen-bond acceptors (Lipinski definition) is 3. The van der Waals surface area contributed by atoms with Gasteiger partial charge in [0, 0.05) is 25.7 Å². The monoisotopic (exact) mass is 181 g/mol. The van der Waals surface area contributed by atoms with E-state index in [2.05, 4.69) is 4.99 Å². The lowest BCUT2D eigenvalue weighted by atomic mass is 10.3. The molecule has 1 heterocycles. The van der Waals surface area contributed by atoms with Crippen LogP contribution in [0.5, 0.6) is 0 Å². The molecule has 0 saturated heterocycles. The molecule has 4 nitrogen and oxygen atoms in total. The molecule has 0 bridgehead atoms. The molecule has 0 unspecified atom stereocenters. The number of hydrogen-bond donors (Lipinski definition) is 1. The first-order valence-electron chi connectivity index (χ1n) is 4.36. The van der Waals surface area contributed by atoms with Crippen molar-refractivity contribution in [3.8, 4) is 0 Å². The number of likely N-dealkylation sites (N-methyl/N-ethyl adjacent to an activating group) is 1. The van der Waals surface area contributed by atoms with Crippen molar-refractivity contribution in [3.05, 3.63) is 11.8 Å². The molecule has 0 atom stereocenters. The van der Waals surface area contributed by atoms with Gasteiger partial charge in [0.1, 0.15) is 5.84 Å². The molecule has 72 valence electrons. The lowest BCUT2D eigenvalue weighted by molar-refractivity contribution is -0.126. The van der Waals surface area contributed by atoms with Crippen molar-refractivity contribution in [1.29, 1.82) is 0 Å². The highest BCUT2D eigenvalue weighted by atomic mass is 16.2. The van der Waals surface area contributed by atoms with Gasteiger partial charge in [0.15, 0.2) is 0 Å². The second-order valence-electron chi connectivity index (χ2n) is 3.18. The van der Waals surface area contributed by atoms with Crippen LogP contribution < -0.4 is 5.73 Å². The number of carbonyl (C=O) groups is 1. The number of nitrogens with two attached hydrogens (primary N) is 1. The molecule has 0 aromatic rings. The summed E-state index contributed by atoms with van der Waals surface area (Å²) >= 11 is 0. The molecule has 1 aliphatic rings. The molecule has 1 rings (SSSR count). The normalized spacial score (nSPS) is 19.8. The highest BCUT2D eigenvalue weighted by Gasteiger charge is 2.15. The topological polar surface area (TPSA) is 58.7 Å². The molecule has 0 saturated carbocycles.